The van der Waals surface area contributed by atoms with E-state index in [1.54, 1.807) is 12.1 Å². The zero-order chi connectivity index (χ0) is 20.5. The number of carbonyl (C=O) groups excluding carboxylic acids is 1. The number of nitrogens with one attached hydrogen (secondary N) is 1. The van der Waals surface area contributed by atoms with Crippen molar-refractivity contribution < 1.29 is 22.7 Å². The molecule has 1 heterocycles. The Morgan fingerprint density at radius 3 is 2.61 bits per heavy atom. The standard InChI is InChI=1S/C18H14ClF3N4O2/c1-10-16(17(27)23-12-6-7-15(28-2)14(19)9-12)24-25-26(10)13-5-3-4-11(8-13)18(20,21)22/h3-9H,1-2H3,(H,23,27). The third kappa shape index (κ3) is 3.94. The zero-order valence-electron chi connectivity index (χ0n) is 14.7. The van der Waals surface area contributed by atoms with Gasteiger partial charge in [-0.05, 0) is 43.3 Å². The molecule has 3 aromatic rings. The second-order valence-corrected chi connectivity index (χ2v) is 6.19. The Labute approximate surface area is 162 Å². The maximum Gasteiger partial charge on any atom is 0.416 e. The number of anilines is 1. The van der Waals surface area contributed by atoms with Crippen molar-refractivity contribution in [2.75, 3.05) is 12.4 Å². The molecule has 1 N–H and O–H groups in total. The monoisotopic (exact) mass is 410 g/mol. The summed E-state index contributed by atoms with van der Waals surface area (Å²) in [5.41, 5.74) is -0.00486. The van der Waals surface area contributed by atoms with Crippen LogP contribution in [0.5, 0.6) is 5.75 Å². The van der Waals surface area contributed by atoms with Crippen LogP contribution >= 0.6 is 11.6 Å². The number of ether oxygens (including phenoxy) is 1. The van der Waals surface area contributed by atoms with E-state index in [2.05, 4.69) is 15.6 Å². The molecule has 0 saturated carbocycles. The Morgan fingerprint density at radius 1 is 1.21 bits per heavy atom. The van der Waals surface area contributed by atoms with Crippen molar-refractivity contribution in [3.63, 3.8) is 0 Å². The molecule has 0 radical (unpaired) electrons. The maximum absolute atomic E-state index is 12.9. The van der Waals surface area contributed by atoms with E-state index in [9.17, 15) is 18.0 Å². The zero-order valence-corrected chi connectivity index (χ0v) is 15.5. The molecular weight excluding hydrogens is 397 g/mol. The number of rotatable bonds is 4. The summed E-state index contributed by atoms with van der Waals surface area (Å²) >= 11 is 6.03. The number of benzene rings is 2. The minimum atomic E-state index is -4.49. The summed E-state index contributed by atoms with van der Waals surface area (Å²) in [4.78, 5) is 12.5. The molecule has 3 rings (SSSR count). The highest BCUT2D eigenvalue weighted by molar-refractivity contribution is 6.32. The van der Waals surface area contributed by atoms with E-state index >= 15 is 0 Å². The first kappa shape index (κ1) is 19.7. The molecule has 0 aliphatic heterocycles. The molecule has 6 nitrogen and oxygen atoms in total. The second kappa shape index (κ2) is 7.51. The summed E-state index contributed by atoms with van der Waals surface area (Å²) in [6.45, 7) is 1.54. The fraction of sp³-hybridized carbons (Fsp3) is 0.167. The van der Waals surface area contributed by atoms with Crippen LogP contribution in [0.2, 0.25) is 5.02 Å². The third-order valence-corrected chi connectivity index (χ3v) is 4.23. The lowest BCUT2D eigenvalue weighted by molar-refractivity contribution is -0.137. The molecule has 0 spiro atoms. The van der Waals surface area contributed by atoms with Gasteiger partial charge in [-0.3, -0.25) is 4.79 Å². The molecule has 0 unspecified atom stereocenters. The second-order valence-electron chi connectivity index (χ2n) is 5.79. The smallest absolute Gasteiger partial charge is 0.416 e. The van der Waals surface area contributed by atoms with Crippen LogP contribution in [0.4, 0.5) is 18.9 Å². The van der Waals surface area contributed by atoms with Gasteiger partial charge in [0.1, 0.15) is 5.75 Å². The number of alkyl halides is 3. The van der Waals surface area contributed by atoms with Crippen LogP contribution in [0.3, 0.4) is 0 Å². The van der Waals surface area contributed by atoms with Crippen molar-refractivity contribution in [3.05, 3.63) is 64.4 Å². The molecule has 0 bridgehead atoms. The lowest BCUT2D eigenvalue weighted by Crippen LogP contribution is -2.14. The van der Waals surface area contributed by atoms with Crippen LogP contribution in [0.15, 0.2) is 42.5 Å². The van der Waals surface area contributed by atoms with Crippen molar-refractivity contribution in [2.45, 2.75) is 13.1 Å². The topological polar surface area (TPSA) is 69.0 Å². The Balaban J connectivity index is 1.87. The number of methoxy groups -OCH3 is 1. The molecule has 2 aromatic carbocycles. The molecule has 10 heteroatoms. The Bertz CT molecular complexity index is 1030. The first-order valence-corrected chi connectivity index (χ1v) is 8.33. The first-order valence-electron chi connectivity index (χ1n) is 7.95. The molecule has 0 aliphatic carbocycles. The number of carbonyl (C=O) groups is 1. The highest BCUT2D eigenvalue weighted by Crippen LogP contribution is 2.31. The van der Waals surface area contributed by atoms with Gasteiger partial charge < -0.3 is 10.1 Å². The highest BCUT2D eigenvalue weighted by atomic mass is 35.5. The normalized spacial score (nSPS) is 11.4. The predicted octanol–water partition coefficient (Wildman–Crippen LogP) is 4.51. The van der Waals surface area contributed by atoms with Crippen LogP contribution in [0, 0.1) is 6.92 Å². The molecule has 28 heavy (non-hydrogen) atoms. The molecule has 1 amide bonds. The van der Waals surface area contributed by atoms with Gasteiger partial charge in [0.15, 0.2) is 5.69 Å². The average Bonchev–Trinajstić information content (AvgIpc) is 3.03. The van der Waals surface area contributed by atoms with Gasteiger partial charge in [-0.25, -0.2) is 4.68 Å². The van der Waals surface area contributed by atoms with Gasteiger partial charge in [0.2, 0.25) is 0 Å². The van der Waals surface area contributed by atoms with E-state index in [-0.39, 0.29) is 17.1 Å². The van der Waals surface area contributed by atoms with E-state index in [4.69, 9.17) is 16.3 Å². The Morgan fingerprint density at radius 2 is 1.96 bits per heavy atom. The van der Waals surface area contributed by atoms with Crippen LogP contribution in [-0.2, 0) is 6.18 Å². The van der Waals surface area contributed by atoms with Crippen molar-refractivity contribution >= 4 is 23.2 Å². The summed E-state index contributed by atoms with van der Waals surface area (Å²) in [5.74, 6) is -0.122. The average molecular weight is 411 g/mol. The van der Waals surface area contributed by atoms with Crippen LogP contribution in [0.1, 0.15) is 21.7 Å². The molecule has 146 valence electrons. The van der Waals surface area contributed by atoms with E-state index < -0.39 is 17.6 Å². The number of hydrogen-bond acceptors (Lipinski definition) is 4. The van der Waals surface area contributed by atoms with Gasteiger partial charge in [-0.15, -0.1) is 5.10 Å². The molecule has 1 aromatic heterocycles. The summed E-state index contributed by atoms with van der Waals surface area (Å²) in [6.07, 6.45) is -4.49. The summed E-state index contributed by atoms with van der Waals surface area (Å²) in [5, 5.41) is 10.5. The number of hydrogen-bond donors (Lipinski definition) is 1. The lowest BCUT2D eigenvalue weighted by atomic mass is 10.2. The Kier molecular flexibility index (Phi) is 5.28. The molecule has 0 saturated heterocycles. The predicted molar refractivity (Wildman–Crippen MR) is 97.1 cm³/mol. The van der Waals surface area contributed by atoms with Gasteiger partial charge in [0, 0.05) is 5.69 Å². The van der Waals surface area contributed by atoms with Crippen LogP contribution in [0.25, 0.3) is 5.69 Å². The lowest BCUT2D eigenvalue weighted by Gasteiger charge is -2.09. The number of aromatic nitrogens is 3. The largest absolute Gasteiger partial charge is 0.495 e. The van der Waals surface area contributed by atoms with E-state index in [0.29, 0.717) is 16.5 Å². The maximum atomic E-state index is 12.9. The van der Waals surface area contributed by atoms with Gasteiger partial charge in [-0.1, -0.05) is 22.9 Å². The highest BCUT2D eigenvalue weighted by Gasteiger charge is 2.31. The van der Waals surface area contributed by atoms with Crippen molar-refractivity contribution in [3.8, 4) is 11.4 Å². The molecular formula is C18H14ClF3N4O2. The van der Waals surface area contributed by atoms with E-state index in [0.717, 1.165) is 12.1 Å². The molecule has 0 atom stereocenters. The van der Waals surface area contributed by atoms with Gasteiger partial charge in [0.25, 0.3) is 5.91 Å². The summed E-state index contributed by atoms with van der Waals surface area (Å²) in [7, 11) is 1.47. The van der Waals surface area contributed by atoms with E-state index in [1.165, 1.54) is 36.9 Å². The molecule has 0 aliphatic rings. The van der Waals surface area contributed by atoms with Gasteiger partial charge >= 0.3 is 6.18 Å². The number of nitrogens with zero attached hydrogens (tertiary/aromatic N) is 3. The quantitative estimate of drug-likeness (QED) is 0.687. The SMILES string of the molecule is COc1ccc(NC(=O)c2nnn(-c3cccc(C(F)(F)F)c3)c2C)cc1Cl. The number of amides is 1. The minimum Gasteiger partial charge on any atom is -0.495 e. The molecule has 0 fully saturated rings. The minimum absolute atomic E-state index is 0.0237. The third-order valence-electron chi connectivity index (χ3n) is 3.94. The van der Waals surface area contributed by atoms with Crippen molar-refractivity contribution in [2.24, 2.45) is 0 Å². The van der Waals surface area contributed by atoms with Crippen molar-refractivity contribution in [1.82, 2.24) is 15.0 Å². The van der Waals surface area contributed by atoms with Crippen LogP contribution < -0.4 is 10.1 Å². The summed E-state index contributed by atoms with van der Waals surface area (Å²) in [6, 6.07) is 9.29. The summed E-state index contributed by atoms with van der Waals surface area (Å²) < 4.78 is 45.0. The fourth-order valence-corrected chi connectivity index (χ4v) is 2.79. The first-order chi connectivity index (χ1) is 13.2. The Hall–Kier alpha value is -3.07. The van der Waals surface area contributed by atoms with Crippen LogP contribution in [-0.4, -0.2) is 28.0 Å². The van der Waals surface area contributed by atoms with Gasteiger partial charge in [-0.2, -0.15) is 13.2 Å². The number of halogens is 4. The van der Waals surface area contributed by atoms with E-state index in [1.807, 2.05) is 0 Å². The van der Waals surface area contributed by atoms with Gasteiger partial charge in [0.05, 0.1) is 29.1 Å². The fourth-order valence-electron chi connectivity index (χ4n) is 2.53. The van der Waals surface area contributed by atoms with Crippen molar-refractivity contribution in [1.29, 1.82) is 0 Å².